The second-order valence-electron chi connectivity index (χ2n) is 4.70. The summed E-state index contributed by atoms with van der Waals surface area (Å²) in [4.78, 5) is 4.11. The Kier molecular flexibility index (Phi) is 2.86. The average molecular weight is 292 g/mol. The summed E-state index contributed by atoms with van der Waals surface area (Å²) in [6.07, 6.45) is -4.38. The Morgan fingerprint density at radius 2 is 1.90 bits per heavy atom. The van der Waals surface area contributed by atoms with E-state index in [2.05, 4.69) is 10.1 Å². The van der Waals surface area contributed by atoms with Crippen molar-refractivity contribution < 1.29 is 13.2 Å². The van der Waals surface area contributed by atoms with E-state index < -0.39 is 11.7 Å². The number of hydrogen-bond acceptors (Lipinski definition) is 3. The molecule has 7 heteroatoms. The van der Waals surface area contributed by atoms with Gasteiger partial charge >= 0.3 is 6.18 Å². The van der Waals surface area contributed by atoms with E-state index in [0.29, 0.717) is 22.7 Å². The number of anilines is 1. The zero-order valence-corrected chi connectivity index (χ0v) is 11.0. The zero-order chi connectivity index (χ0) is 15.2. The lowest BCUT2D eigenvalue weighted by Crippen LogP contribution is -2.04. The Hall–Kier alpha value is -2.57. The third kappa shape index (κ3) is 2.42. The summed E-state index contributed by atoms with van der Waals surface area (Å²) in [6, 6.07) is 8.29. The molecular formula is C14H11F3N4. The Morgan fingerprint density at radius 3 is 2.62 bits per heavy atom. The minimum atomic E-state index is -4.38. The molecule has 0 amide bonds. The Balaban J connectivity index is 2.15. The summed E-state index contributed by atoms with van der Waals surface area (Å²) in [6.45, 7) is 1.80. The number of rotatable bonds is 1. The molecular weight excluding hydrogens is 281 g/mol. The Bertz CT molecular complexity index is 821. The van der Waals surface area contributed by atoms with Crippen LogP contribution in [0.5, 0.6) is 0 Å². The van der Waals surface area contributed by atoms with Crippen LogP contribution in [0.15, 0.2) is 36.4 Å². The molecule has 0 aliphatic rings. The number of halogens is 3. The summed E-state index contributed by atoms with van der Waals surface area (Å²) in [5.74, 6) is 0.343. The first kappa shape index (κ1) is 13.4. The van der Waals surface area contributed by atoms with Crippen LogP contribution in [0.1, 0.15) is 11.3 Å². The van der Waals surface area contributed by atoms with Crippen LogP contribution in [0.4, 0.5) is 19.0 Å². The van der Waals surface area contributed by atoms with Crippen molar-refractivity contribution in [1.82, 2.24) is 14.6 Å². The second-order valence-corrected chi connectivity index (χ2v) is 4.70. The molecule has 3 rings (SSSR count). The molecule has 2 heterocycles. The van der Waals surface area contributed by atoms with E-state index in [4.69, 9.17) is 5.73 Å². The maximum absolute atomic E-state index is 12.8. The van der Waals surface area contributed by atoms with E-state index in [9.17, 15) is 13.2 Å². The standard InChI is InChI=1S/C14H11F3N4/c1-8-5-12(18)19-13-7-11(20-21(8)13)9-3-2-4-10(6-9)14(15,16)17/h2-7H,1H3,(H2,18,19). The molecule has 0 bridgehead atoms. The van der Waals surface area contributed by atoms with E-state index in [-0.39, 0.29) is 0 Å². The predicted molar refractivity (Wildman–Crippen MR) is 72.6 cm³/mol. The van der Waals surface area contributed by atoms with E-state index >= 15 is 0 Å². The molecule has 1 aromatic carbocycles. The number of benzene rings is 1. The van der Waals surface area contributed by atoms with Crippen LogP contribution in [0.2, 0.25) is 0 Å². The highest BCUT2D eigenvalue weighted by atomic mass is 19.4. The summed E-state index contributed by atoms with van der Waals surface area (Å²) >= 11 is 0. The molecule has 0 atom stereocenters. The van der Waals surface area contributed by atoms with Gasteiger partial charge in [0.15, 0.2) is 5.65 Å². The van der Waals surface area contributed by atoms with Gasteiger partial charge in [0.05, 0.1) is 11.3 Å². The maximum Gasteiger partial charge on any atom is 0.416 e. The van der Waals surface area contributed by atoms with Gasteiger partial charge in [0.25, 0.3) is 0 Å². The van der Waals surface area contributed by atoms with Crippen LogP contribution < -0.4 is 5.73 Å². The van der Waals surface area contributed by atoms with Crippen LogP contribution in [-0.2, 0) is 6.18 Å². The molecule has 0 aliphatic heterocycles. The zero-order valence-electron chi connectivity index (χ0n) is 11.0. The van der Waals surface area contributed by atoms with Gasteiger partial charge in [0, 0.05) is 23.4 Å². The number of aromatic nitrogens is 3. The summed E-state index contributed by atoms with van der Waals surface area (Å²) in [5.41, 5.74) is 7.01. The molecule has 2 N–H and O–H groups in total. The Labute approximate surface area is 118 Å². The SMILES string of the molecule is Cc1cc(N)nc2cc(-c3cccc(C(F)(F)F)c3)nn12. The monoisotopic (exact) mass is 292 g/mol. The lowest BCUT2D eigenvalue weighted by atomic mass is 10.1. The highest BCUT2D eigenvalue weighted by molar-refractivity contribution is 5.65. The van der Waals surface area contributed by atoms with Crippen LogP contribution in [0.25, 0.3) is 16.9 Å². The minimum Gasteiger partial charge on any atom is -0.384 e. The molecule has 21 heavy (non-hydrogen) atoms. The number of fused-ring (bicyclic) bond motifs is 1. The smallest absolute Gasteiger partial charge is 0.384 e. The quantitative estimate of drug-likeness (QED) is 0.748. The van der Waals surface area contributed by atoms with E-state index in [0.717, 1.165) is 17.8 Å². The van der Waals surface area contributed by atoms with Crippen molar-refractivity contribution in [3.8, 4) is 11.3 Å². The van der Waals surface area contributed by atoms with Crippen LogP contribution >= 0.6 is 0 Å². The van der Waals surface area contributed by atoms with Gasteiger partial charge in [-0.3, -0.25) is 0 Å². The molecule has 0 aliphatic carbocycles. The summed E-state index contributed by atoms with van der Waals surface area (Å²) < 4.78 is 39.8. The topological polar surface area (TPSA) is 56.2 Å². The van der Waals surface area contributed by atoms with Gasteiger partial charge in [0.2, 0.25) is 0 Å². The van der Waals surface area contributed by atoms with Gasteiger partial charge in [-0.1, -0.05) is 12.1 Å². The van der Waals surface area contributed by atoms with Gasteiger partial charge < -0.3 is 5.73 Å². The van der Waals surface area contributed by atoms with E-state index in [1.165, 1.54) is 6.07 Å². The molecule has 0 saturated carbocycles. The molecule has 3 aromatic rings. The average Bonchev–Trinajstić information content (AvgIpc) is 2.82. The summed E-state index contributed by atoms with van der Waals surface area (Å²) in [7, 11) is 0. The fourth-order valence-corrected chi connectivity index (χ4v) is 2.15. The molecule has 0 unspecified atom stereocenters. The highest BCUT2D eigenvalue weighted by Crippen LogP contribution is 2.32. The highest BCUT2D eigenvalue weighted by Gasteiger charge is 2.30. The molecule has 0 fully saturated rings. The minimum absolute atomic E-state index is 0.343. The molecule has 108 valence electrons. The van der Waals surface area contributed by atoms with Gasteiger partial charge in [-0.2, -0.15) is 18.3 Å². The molecule has 0 spiro atoms. The van der Waals surface area contributed by atoms with Gasteiger partial charge in [-0.25, -0.2) is 9.50 Å². The normalized spacial score (nSPS) is 12.0. The van der Waals surface area contributed by atoms with Crippen molar-refractivity contribution in [1.29, 1.82) is 0 Å². The van der Waals surface area contributed by atoms with Crippen molar-refractivity contribution in [2.75, 3.05) is 5.73 Å². The van der Waals surface area contributed by atoms with Crippen molar-refractivity contribution >= 4 is 11.5 Å². The lowest BCUT2D eigenvalue weighted by Gasteiger charge is -2.07. The molecule has 0 radical (unpaired) electrons. The van der Waals surface area contributed by atoms with Gasteiger partial charge in [0.1, 0.15) is 5.82 Å². The predicted octanol–water partition coefficient (Wildman–Crippen LogP) is 3.31. The number of alkyl halides is 3. The number of nitrogens with two attached hydrogens (primary N) is 1. The third-order valence-electron chi connectivity index (χ3n) is 3.11. The number of hydrogen-bond donors (Lipinski definition) is 1. The van der Waals surface area contributed by atoms with Crippen LogP contribution in [0, 0.1) is 6.92 Å². The first-order chi connectivity index (χ1) is 9.84. The maximum atomic E-state index is 12.8. The fourth-order valence-electron chi connectivity index (χ4n) is 2.15. The van der Waals surface area contributed by atoms with Gasteiger partial charge in [-0.15, -0.1) is 0 Å². The van der Waals surface area contributed by atoms with Crippen molar-refractivity contribution in [2.24, 2.45) is 0 Å². The largest absolute Gasteiger partial charge is 0.416 e. The van der Waals surface area contributed by atoms with E-state index in [1.54, 1.807) is 29.6 Å². The Morgan fingerprint density at radius 1 is 1.14 bits per heavy atom. The first-order valence-electron chi connectivity index (χ1n) is 6.15. The second kappa shape index (κ2) is 4.47. The summed E-state index contributed by atoms with van der Waals surface area (Å²) in [5, 5.41) is 4.28. The number of aryl methyl sites for hydroxylation is 1. The van der Waals surface area contributed by atoms with Crippen LogP contribution in [0.3, 0.4) is 0 Å². The van der Waals surface area contributed by atoms with Gasteiger partial charge in [-0.05, 0) is 19.1 Å². The lowest BCUT2D eigenvalue weighted by molar-refractivity contribution is -0.137. The fraction of sp³-hybridized carbons (Fsp3) is 0.143. The van der Waals surface area contributed by atoms with Crippen molar-refractivity contribution in [3.63, 3.8) is 0 Å². The first-order valence-corrected chi connectivity index (χ1v) is 6.15. The molecule has 0 saturated heterocycles. The number of nitrogen functional groups attached to an aromatic ring is 1. The molecule has 4 nitrogen and oxygen atoms in total. The van der Waals surface area contributed by atoms with Crippen LogP contribution in [-0.4, -0.2) is 14.6 Å². The number of nitrogens with zero attached hydrogens (tertiary/aromatic N) is 3. The third-order valence-corrected chi connectivity index (χ3v) is 3.11. The van der Waals surface area contributed by atoms with Crippen molar-refractivity contribution in [2.45, 2.75) is 13.1 Å². The molecule has 2 aromatic heterocycles. The van der Waals surface area contributed by atoms with Crippen molar-refractivity contribution in [3.05, 3.63) is 47.7 Å². The van der Waals surface area contributed by atoms with E-state index in [1.807, 2.05) is 0 Å².